The molecule has 0 amide bonds. The largest absolute Gasteiger partial charge is 0.464 e. The van der Waals surface area contributed by atoms with Gasteiger partial charge in [-0.15, -0.1) is 11.6 Å². The van der Waals surface area contributed by atoms with Gasteiger partial charge in [0.2, 0.25) is 10.0 Å². The highest BCUT2D eigenvalue weighted by Crippen LogP contribution is 2.24. The number of rotatable bonds is 8. The van der Waals surface area contributed by atoms with Crippen molar-refractivity contribution in [1.82, 2.24) is 9.21 Å². The summed E-state index contributed by atoms with van der Waals surface area (Å²) in [6.07, 6.45) is 0.770. The quantitative estimate of drug-likeness (QED) is 0.689. The number of furan rings is 1. The first-order chi connectivity index (χ1) is 9.32. The second-order valence-electron chi connectivity index (χ2n) is 4.97. The van der Waals surface area contributed by atoms with Gasteiger partial charge in [-0.2, -0.15) is 4.31 Å². The van der Waals surface area contributed by atoms with Gasteiger partial charge >= 0.3 is 0 Å². The molecule has 0 aliphatic rings. The summed E-state index contributed by atoms with van der Waals surface area (Å²) in [4.78, 5) is 2.19. The zero-order valence-corrected chi connectivity index (χ0v) is 14.1. The highest BCUT2D eigenvalue weighted by molar-refractivity contribution is 7.89. The topological polar surface area (TPSA) is 53.8 Å². The Balaban J connectivity index is 3.05. The van der Waals surface area contributed by atoms with Crippen LogP contribution in [0.25, 0.3) is 0 Å². The molecule has 5 nitrogen and oxygen atoms in total. The van der Waals surface area contributed by atoms with E-state index < -0.39 is 10.0 Å². The average molecular weight is 323 g/mol. The summed E-state index contributed by atoms with van der Waals surface area (Å²) in [5.41, 5.74) is 0. The zero-order chi connectivity index (χ0) is 15.3. The Hall–Kier alpha value is -0.560. The van der Waals surface area contributed by atoms with Crippen molar-refractivity contribution in [3.63, 3.8) is 0 Å². The molecule has 0 unspecified atom stereocenters. The average Bonchev–Trinajstić information content (AvgIpc) is 2.76. The SMILES string of the molecule is CCCN(CCN(C)C)S(=O)(=O)c1cc(CCl)oc1C. The van der Waals surface area contributed by atoms with Crippen LogP contribution in [0.4, 0.5) is 0 Å². The maximum absolute atomic E-state index is 12.7. The molecule has 1 heterocycles. The van der Waals surface area contributed by atoms with Crippen LogP contribution in [-0.2, 0) is 15.9 Å². The molecule has 0 saturated heterocycles. The third-order valence-corrected chi connectivity index (χ3v) is 5.21. The number of nitrogens with zero attached hydrogens (tertiary/aromatic N) is 2. The van der Waals surface area contributed by atoms with Crippen LogP contribution in [0.2, 0.25) is 0 Å². The van der Waals surface area contributed by atoms with E-state index in [1.54, 1.807) is 6.92 Å². The van der Waals surface area contributed by atoms with Crippen molar-refractivity contribution in [3.05, 3.63) is 17.6 Å². The van der Waals surface area contributed by atoms with E-state index >= 15 is 0 Å². The minimum absolute atomic E-state index is 0.168. The first-order valence-corrected chi connectivity index (χ1v) is 8.60. The Bertz CT molecular complexity index is 526. The maximum atomic E-state index is 12.7. The van der Waals surface area contributed by atoms with Crippen LogP contribution in [0.15, 0.2) is 15.4 Å². The molecule has 0 aromatic carbocycles. The standard InChI is InChI=1S/C13H23ClN2O3S/c1-5-6-16(8-7-15(3)4)20(17,18)13-9-12(10-14)19-11(13)2/h9H,5-8,10H2,1-4H3. The van der Waals surface area contributed by atoms with E-state index in [1.165, 1.54) is 10.4 Å². The van der Waals surface area contributed by atoms with Crippen LogP contribution >= 0.6 is 11.6 Å². The summed E-state index contributed by atoms with van der Waals surface area (Å²) < 4.78 is 32.2. The minimum Gasteiger partial charge on any atom is -0.464 e. The molecule has 1 aromatic heterocycles. The molecule has 20 heavy (non-hydrogen) atoms. The van der Waals surface area contributed by atoms with Crippen LogP contribution in [-0.4, -0.2) is 51.4 Å². The predicted molar refractivity (Wildman–Crippen MR) is 80.6 cm³/mol. The number of likely N-dealkylation sites (N-methyl/N-ethyl adjacent to an activating group) is 1. The van der Waals surface area contributed by atoms with Crippen molar-refractivity contribution in [2.24, 2.45) is 0 Å². The van der Waals surface area contributed by atoms with Gasteiger partial charge in [-0.25, -0.2) is 8.42 Å². The molecule has 116 valence electrons. The predicted octanol–water partition coefficient (Wildman–Crippen LogP) is 2.29. The van der Waals surface area contributed by atoms with Crippen molar-refractivity contribution < 1.29 is 12.8 Å². The van der Waals surface area contributed by atoms with Gasteiger partial charge < -0.3 is 9.32 Å². The number of aryl methyl sites for hydroxylation is 1. The second-order valence-corrected chi connectivity index (χ2v) is 7.15. The number of sulfonamides is 1. The smallest absolute Gasteiger partial charge is 0.246 e. The Labute approximate surface area is 126 Å². The molecular weight excluding hydrogens is 300 g/mol. The first-order valence-electron chi connectivity index (χ1n) is 6.63. The van der Waals surface area contributed by atoms with Crippen LogP contribution < -0.4 is 0 Å². The number of hydrogen-bond acceptors (Lipinski definition) is 4. The van der Waals surface area contributed by atoms with Crippen LogP contribution in [0, 0.1) is 6.92 Å². The Morgan fingerprint density at radius 1 is 1.25 bits per heavy atom. The molecule has 0 N–H and O–H groups in total. The van der Waals surface area contributed by atoms with Gasteiger partial charge in [0, 0.05) is 25.7 Å². The van der Waals surface area contributed by atoms with Crippen LogP contribution in [0.5, 0.6) is 0 Å². The van der Waals surface area contributed by atoms with Crippen molar-refractivity contribution in [1.29, 1.82) is 0 Å². The summed E-state index contributed by atoms with van der Waals surface area (Å²) in [5.74, 6) is 1.04. The van der Waals surface area contributed by atoms with Gasteiger partial charge in [0.1, 0.15) is 16.4 Å². The Morgan fingerprint density at radius 3 is 2.35 bits per heavy atom. The highest BCUT2D eigenvalue weighted by Gasteiger charge is 2.28. The molecule has 0 spiro atoms. The zero-order valence-electron chi connectivity index (χ0n) is 12.5. The molecule has 7 heteroatoms. The summed E-state index contributed by atoms with van der Waals surface area (Å²) in [6, 6.07) is 1.52. The molecule has 0 fully saturated rings. The summed E-state index contributed by atoms with van der Waals surface area (Å²) >= 11 is 5.70. The lowest BCUT2D eigenvalue weighted by Gasteiger charge is -2.22. The van der Waals surface area contributed by atoms with E-state index in [4.69, 9.17) is 16.0 Å². The van der Waals surface area contributed by atoms with Gasteiger partial charge in [-0.1, -0.05) is 6.92 Å². The van der Waals surface area contributed by atoms with E-state index in [-0.39, 0.29) is 10.8 Å². The molecule has 0 aliphatic heterocycles. The molecular formula is C13H23ClN2O3S. The lowest BCUT2D eigenvalue weighted by atomic mass is 10.4. The van der Waals surface area contributed by atoms with Gasteiger partial charge in [-0.05, 0) is 27.4 Å². The molecule has 0 aliphatic carbocycles. The van der Waals surface area contributed by atoms with E-state index in [1.807, 2.05) is 25.9 Å². The fourth-order valence-corrected chi connectivity index (χ4v) is 3.74. The highest BCUT2D eigenvalue weighted by atomic mass is 35.5. The Kier molecular flexibility index (Phi) is 6.51. The summed E-state index contributed by atoms with van der Waals surface area (Å²) in [7, 11) is 0.320. The maximum Gasteiger partial charge on any atom is 0.246 e. The molecule has 0 radical (unpaired) electrons. The van der Waals surface area contributed by atoms with Gasteiger partial charge in [0.15, 0.2) is 0 Å². The lowest BCUT2D eigenvalue weighted by molar-refractivity contribution is 0.332. The number of halogens is 1. The van der Waals surface area contributed by atoms with Gasteiger partial charge in [-0.3, -0.25) is 0 Å². The summed E-state index contributed by atoms with van der Waals surface area (Å²) in [5, 5.41) is 0. The number of hydrogen-bond donors (Lipinski definition) is 0. The van der Waals surface area contributed by atoms with Crippen LogP contribution in [0.3, 0.4) is 0 Å². The van der Waals surface area contributed by atoms with E-state index in [2.05, 4.69) is 0 Å². The first kappa shape index (κ1) is 17.5. The lowest BCUT2D eigenvalue weighted by Crippen LogP contribution is -2.37. The normalized spacial score (nSPS) is 12.6. The van der Waals surface area contributed by atoms with Crippen molar-refractivity contribution in [3.8, 4) is 0 Å². The molecule has 0 saturated carbocycles. The fraction of sp³-hybridized carbons (Fsp3) is 0.692. The van der Waals surface area contributed by atoms with Crippen LogP contribution in [0.1, 0.15) is 24.9 Å². The van der Waals surface area contributed by atoms with Gasteiger partial charge in [0.25, 0.3) is 0 Å². The van der Waals surface area contributed by atoms with Crippen molar-refractivity contribution in [2.45, 2.75) is 31.0 Å². The summed E-state index contributed by atoms with van der Waals surface area (Å²) in [6.45, 7) is 5.25. The minimum atomic E-state index is -3.52. The molecule has 1 aromatic rings. The monoisotopic (exact) mass is 322 g/mol. The Morgan fingerprint density at radius 2 is 1.90 bits per heavy atom. The van der Waals surface area contributed by atoms with E-state index in [0.29, 0.717) is 31.2 Å². The third kappa shape index (κ3) is 4.22. The molecule has 1 rings (SSSR count). The third-order valence-electron chi connectivity index (χ3n) is 2.94. The number of alkyl halides is 1. The van der Waals surface area contributed by atoms with E-state index in [9.17, 15) is 8.42 Å². The van der Waals surface area contributed by atoms with E-state index in [0.717, 1.165) is 6.42 Å². The van der Waals surface area contributed by atoms with Crippen molar-refractivity contribution >= 4 is 21.6 Å². The van der Waals surface area contributed by atoms with Gasteiger partial charge in [0.05, 0.1) is 5.88 Å². The fourth-order valence-electron chi connectivity index (χ4n) is 1.90. The molecule has 0 atom stereocenters. The van der Waals surface area contributed by atoms with Crippen molar-refractivity contribution in [2.75, 3.05) is 33.7 Å². The molecule has 0 bridgehead atoms. The second kappa shape index (κ2) is 7.45.